The second-order valence-corrected chi connectivity index (χ2v) is 9.30. The number of ether oxygens (including phenoxy) is 2. The number of hydrogen-bond acceptors (Lipinski definition) is 5. The number of hydrogen-bond donors (Lipinski definition) is 1. The van der Waals surface area contributed by atoms with E-state index >= 15 is 0 Å². The van der Waals surface area contributed by atoms with Crippen LogP contribution in [-0.2, 0) is 23.0 Å². The number of methoxy groups -OCH3 is 2. The molecule has 0 unspecified atom stereocenters. The molecule has 0 spiro atoms. The highest BCUT2D eigenvalue weighted by Gasteiger charge is 2.43. The van der Waals surface area contributed by atoms with E-state index in [2.05, 4.69) is 0 Å². The van der Waals surface area contributed by atoms with Gasteiger partial charge in [-0.25, -0.2) is 8.42 Å². The number of aliphatic hydroxyl groups excluding tert-OH is 1. The third-order valence-electron chi connectivity index (χ3n) is 5.65. The molecule has 4 rings (SSSR count). The highest BCUT2D eigenvalue weighted by Crippen LogP contribution is 2.41. The SMILES string of the molecule is COc1cccc(C[C@@H]2[C@@H](O)c3ccccc3S(=O)(=O)N2Cc2ccccc2)c1OC. The summed E-state index contributed by atoms with van der Waals surface area (Å²) in [5, 5.41) is 11.3. The van der Waals surface area contributed by atoms with Crippen molar-refractivity contribution in [3.05, 3.63) is 89.5 Å². The number of benzene rings is 3. The topological polar surface area (TPSA) is 76.1 Å². The van der Waals surface area contributed by atoms with E-state index in [-0.39, 0.29) is 17.9 Å². The van der Waals surface area contributed by atoms with Crippen LogP contribution in [0.1, 0.15) is 22.8 Å². The lowest BCUT2D eigenvalue weighted by Gasteiger charge is -2.39. The van der Waals surface area contributed by atoms with Gasteiger partial charge in [-0.15, -0.1) is 0 Å². The number of fused-ring (bicyclic) bond motifs is 1. The fourth-order valence-corrected chi connectivity index (χ4v) is 6.00. The summed E-state index contributed by atoms with van der Waals surface area (Å²) in [5.41, 5.74) is 2.03. The molecule has 0 radical (unpaired) electrons. The van der Waals surface area contributed by atoms with Gasteiger partial charge in [0.15, 0.2) is 11.5 Å². The Hall–Kier alpha value is -2.87. The number of aliphatic hydroxyl groups is 1. The molecule has 1 aliphatic heterocycles. The van der Waals surface area contributed by atoms with E-state index in [9.17, 15) is 13.5 Å². The largest absolute Gasteiger partial charge is 0.493 e. The maximum absolute atomic E-state index is 13.6. The van der Waals surface area contributed by atoms with E-state index in [1.165, 1.54) is 4.31 Å². The predicted octanol–water partition coefficient (Wildman–Crippen LogP) is 3.55. The molecule has 0 aliphatic carbocycles. The van der Waals surface area contributed by atoms with E-state index in [0.717, 1.165) is 11.1 Å². The molecule has 1 aliphatic rings. The summed E-state index contributed by atoms with van der Waals surface area (Å²) in [6, 6.07) is 20.8. The van der Waals surface area contributed by atoms with Gasteiger partial charge >= 0.3 is 0 Å². The summed E-state index contributed by atoms with van der Waals surface area (Å²) in [5.74, 6) is 1.09. The Kier molecular flexibility index (Phi) is 6.00. The van der Waals surface area contributed by atoms with Crippen molar-refractivity contribution < 1.29 is 23.0 Å². The van der Waals surface area contributed by atoms with E-state index in [0.29, 0.717) is 17.1 Å². The van der Waals surface area contributed by atoms with Crippen molar-refractivity contribution in [2.45, 2.75) is 30.0 Å². The Bertz CT molecular complexity index is 1160. The van der Waals surface area contributed by atoms with Gasteiger partial charge < -0.3 is 14.6 Å². The van der Waals surface area contributed by atoms with Gasteiger partial charge in [-0.2, -0.15) is 4.31 Å². The first-order valence-corrected chi connectivity index (χ1v) is 11.4. The number of rotatable bonds is 6. The molecule has 0 saturated carbocycles. The average Bonchev–Trinajstić information content (AvgIpc) is 2.80. The summed E-state index contributed by atoms with van der Waals surface area (Å²) < 4.78 is 39.5. The zero-order valence-electron chi connectivity index (χ0n) is 17.4. The van der Waals surface area contributed by atoms with Crippen LogP contribution in [0, 0.1) is 0 Å². The molecular weight excluding hydrogens is 414 g/mol. The van der Waals surface area contributed by atoms with Crippen LogP contribution in [0.2, 0.25) is 0 Å². The first-order valence-electron chi connectivity index (χ1n) is 10.00. The maximum Gasteiger partial charge on any atom is 0.244 e. The number of sulfonamides is 1. The van der Waals surface area contributed by atoms with Gasteiger partial charge in [-0.05, 0) is 29.7 Å². The highest BCUT2D eigenvalue weighted by molar-refractivity contribution is 7.89. The molecule has 3 aromatic carbocycles. The summed E-state index contributed by atoms with van der Waals surface area (Å²) in [6.07, 6.45) is -0.721. The molecule has 0 bridgehead atoms. The summed E-state index contributed by atoms with van der Waals surface area (Å²) in [4.78, 5) is 0.146. The molecule has 31 heavy (non-hydrogen) atoms. The van der Waals surface area contributed by atoms with Crippen LogP contribution >= 0.6 is 0 Å². The predicted molar refractivity (Wildman–Crippen MR) is 118 cm³/mol. The van der Waals surface area contributed by atoms with Gasteiger partial charge in [0.25, 0.3) is 0 Å². The quantitative estimate of drug-likeness (QED) is 0.636. The van der Waals surface area contributed by atoms with E-state index in [4.69, 9.17) is 9.47 Å². The first kappa shape index (κ1) is 21.4. The fourth-order valence-electron chi connectivity index (χ4n) is 4.15. The summed E-state index contributed by atoms with van der Waals surface area (Å²) in [6.45, 7) is 0.158. The highest BCUT2D eigenvalue weighted by atomic mass is 32.2. The Morgan fingerprint density at radius 3 is 2.32 bits per heavy atom. The lowest BCUT2D eigenvalue weighted by Crippen LogP contribution is -2.48. The lowest BCUT2D eigenvalue weighted by atomic mass is 9.94. The Balaban J connectivity index is 1.82. The van der Waals surface area contributed by atoms with Gasteiger partial charge in [0.1, 0.15) is 0 Å². The van der Waals surface area contributed by atoms with E-state index < -0.39 is 22.2 Å². The number of para-hydroxylation sites is 1. The molecule has 0 amide bonds. The normalized spacial score (nSPS) is 20.1. The second kappa shape index (κ2) is 8.70. The van der Waals surface area contributed by atoms with Crippen LogP contribution in [0.3, 0.4) is 0 Å². The maximum atomic E-state index is 13.6. The van der Waals surface area contributed by atoms with Crippen LogP contribution in [0.4, 0.5) is 0 Å². The molecule has 6 nitrogen and oxygen atoms in total. The van der Waals surface area contributed by atoms with Crippen molar-refractivity contribution in [3.63, 3.8) is 0 Å². The molecular formula is C24H25NO5S. The minimum atomic E-state index is -3.82. The first-order chi connectivity index (χ1) is 15.0. The average molecular weight is 440 g/mol. The van der Waals surface area contributed by atoms with Crippen molar-refractivity contribution in [2.75, 3.05) is 14.2 Å². The number of nitrogens with zero attached hydrogens (tertiary/aromatic N) is 1. The van der Waals surface area contributed by atoms with Crippen LogP contribution in [-0.4, -0.2) is 38.1 Å². The molecule has 162 valence electrons. The molecule has 7 heteroatoms. The van der Waals surface area contributed by atoms with Crippen molar-refractivity contribution in [3.8, 4) is 11.5 Å². The van der Waals surface area contributed by atoms with Gasteiger partial charge in [0, 0.05) is 12.1 Å². The Morgan fingerprint density at radius 2 is 1.61 bits per heavy atom. The smallest absolute Gasteiger partial charge is 0.244 e. The Labute approximate surface area is 182 Å². The molecule has 1 heterocycles. The van der Waals surface area contributed by atoms with Crippen LogP contribution in [0.5, 0.6) is 11.5 Å². The van der Waals surface area contributed by atoms with Gasteiger partial charge in [-0.3, -0.25) is 0 Å². The van der Waals surface area contributed by atoms with Crippen molar-refractivity contribution in [1.29, 1.82) is 0 Å². The molecule has 0 aromatic heterocycles. The minimum Gasteiger partial charge on any atom is -0.493 e. The van der Waals surface area contributed by atoms with Crippen LogP contribution in [0.15, 0.2) is 77.7 Å². The summed E-state index contributed by atoms with van der Waals surface area (Å²) >= 11 is 0. The second-order valence-electron chi connectivity index (χ2n) is 7.44. The van der Waals surface area contributed by atoms with Gasteiger partial charge in [-0.1, -0.05) is 60.7 Å². The summed E-state index contributed by atoms with van der Waals surface area (Å²) in [7, 11) is -0.714. The van der Waals surface area contributed by atoms with Gasteiger partial charge in [0.05, 0.1) is 31.3 Å². The molecule has 0 fully saturated rings. The lowest BCUT2D eigenvalue weighted by molar-refractivity contribution is 0.0766. The van der Waals surface area contributed by atoms with Gasteiger partial charge in [0.2, 0.25) is 10.0 Å². The molecule has 0 saturated heterocycles. The minimum absolute atomic E-state index is 0.146. The van der Waals surface area contributed by atoms with Crippen LogP contribution in [0.25, 0.3) is 0 Å². The zero-order chi connectivity index (χ0) is 22.0. The Morgan fingerprint density at radius 1 is 0.903 bits per heavy atom. The third kappa shape index (κ3) is 3.92. The molecule has 3 aromatic rings. The third-order valence-corrected chi connectivity index (χ3v) is 7.60. The zero-order valence-corrected chi connectivity index (χ0v) is 18.2. The monoisotopic (exact) mass is 439 g/mol. The molecule has 1 N–H and O–H groups in total. The van der Waals surface area contributed by atoms with E-state index in [1.54, 1.807) is 44.6 Å². The van der Waals surface area contributed by atoms with Crippen molar-refractivity contribution >= 4 is 10.0 Å². The van der Waals surface area contributed by atoms with E-state index in [1.807, 2.05) is 42.5 Å². The molecule has 2 atom stereocenters. The standard InChI is InChI=1S/C24H25NO5S/c1-29-21-13-8-11-18(24(21)30-2)15-20-23(26)19-12-6-7-14-22(19)31(27,28)25(20)16-17-9-4-3-5-10-17/h3-14,20,23,26H,15-16H2,1-2H3/t20-,23+/m1/s1. The fraction of sp³-hybridized carbons (Fsp3) is 0.250. The van der Waals surface area contributed by atoms with Crippen molar-refractivity contribution in [1.82, 2.24) is 4.31 Å². The van der Waals surface area contributed by atoms with Crippen LogP contribution < -0.4 is 9.47 Å². The van der Waals surface area contributed by atoms with Crippen molar-refractivity contribution in [2.24, 2.45) is 0 Å².